The van der Waals surface area contributed by atoms with Crippen molar-refractivity contribution in [2.75, 3.05) is 23.8 Å². The van der Waals surface area contributed by atoms with E-state index in [9.17, 15) is 14.9 Å². The Morgan fingerprint density at radius 1 is 1.58 bits per heavy atom. The summed E-state index contributed by atoms with van der Waals surface area (Å²) in [5.41, 5.74) is 6.21. The first-order chi connectivity index (χ1) is 9.06. The van der Waals surface area contributed by atoms with Gasteiger partial charge in [0.15, 0.2) is 0 Å². The highest BCUT2D eigenvalue weighted by molar-refractivity contribution is 5.87. The van der Waals surface area contributed by atoms with E-state index in [0.29, 0.717) is 24.3 Å². The van der Waals surface area contributed by atoms with E-state index in [1.54, 1.807) is 30.1 Å². The first kappa shape index (κ1) is 13.1. The zero-order valence-electron chi connectivity index (χ0n) is 10.6. The highest BCUT2D eigenvalue weighted by Gasteiger charge is 2.34. The molecular formula is C12H16N4O3. The summed E-state index contributed by atoms with van der Waals surface area (Å²) in [6.07, 6.45) is 1.44. The first-order valence-electron chi connectivity index (χ1n) is 6.07. The molecule has 1 aliphatic rings. The maximum absolute atomic E-state index is 11.4. The van der Waals surface area contributed by atoms with Crippen LogP contribution in [0.25, 0.3) is 0 Å². The summed E-state index contributed by atoms with van der Waals surface area (Å²) in [4.78, 5) is 24.0. The number of nitrogens with two attached hydrogens (primary N) is 1. The van der Waals surface area contributed by atoms with Gasteiger partial charge in [0.1, 0.15) is 17.4 Å². The topological polar surface area (TPSA) is 102 Å². The van der Waals surface area contributed by atoms with Gasteiger partial charge in [0, 0.05) is 13.6 Å². The SMILES string of the molecule is CNc1cccc(N2CCCC2C(N)=O)c1[N+](=O)[O-]. The maximum Gasteiger partial charge on any atom is 0.315 e. The number of hydrogen-bond acceptors (Lipinski definition) is 5. The smallest absolute Gasteiger partial charge is 0.315 e. The Labute approximate surface area is 110 Å². The quantitative estimate of drug-likeness (QED) is 0.626. The fraction of sp³-hybridized carbons (Fsp3) is 0.417. The van der Waals surface area contributed by atoms with Gasteiger partial charge < -0.3 is 16.0 Å². The van der Waals surface area contributed by atoms with Crippen molar-refractivity contribution in [3.05, 3.63) is 28.3 Å². The predicted octanol–water partition coefficient (Wildman–Crippen LogP) is 1.09. The summed E-state index contributed by atoms with van der Waals surface area (Å²) < 4.78 is 0. The van der Waals surface area contributed by atoms with Gasteiger partial charge in [-0.05, 0) is 25.0 Å². The summed E-state index contributed by atoms with van der Waals surface area (Å²) in [7, 11) is 1.63. The van der Waals surface area contributed by atoms with Crippen molar-refractivity contribution in [2.24, 2.45) is 5.73 Å². The molecule has 0 aliphatic carbocycles. The van der Waals surface area contributed by atoms with Crippen LogP contribution in [0.1, 0.15) is 12.8 Å². The Kier molecular flexibility index (Phi) is 3.55. The van der Waals surface area contributed by atoms with E-state index in [0.717, 1.165) is 6.42 Å². The Morgan fingerprint density at radius 3 is 2.89 bits per heavy atom. The van der Waals surface area contributed by atoms with Crippen LogP contribution in [-0.4, -0.2) is 30.5 Å². The molecule has 1 aromatic carbocycles. The van der Waals surface area contributed by atoms with Crippen molar-refractivity contribution in [3.8, 4) is 0 Å². The van der Waals surface area contributed by atoms with Crippen LogP contribution in [0.15, 0.2) is 18.2 Å². The second-order valence-electron chi connectivity index (χ2n) is 4.43. The lowest BCUT2D eigenvalue weighted by atomic mass is 10.1. The number of amides is 1. The van der Waals surface area contributed by atoms with Crippen LogP contribution in [0.2, 0.25) is 0 Å². The maximum atomic E-state index is 11.4. The van der Waals surface area contributed by atoms with E-state index in [1.165, 1.54) is 0 Å². The monoisotopic (exact) mass is 264 g/mol. The molecule has 3 N–H and O–H groups in total. The molecule has 0 bridgehead atoms. The van der Waals surface area contributed by atoms with Crippen molar-refractivity contribution in [2.45, 2.75) is 18.9 Å². The summed E-state index contributed by atoms with van der Waals surface area (Å²) in [5, 5.41) is 14.1. The molecular weight excluding hydrogens is 248 g/mol. The lowest BCUT2D eigenvalue weighted by Crippen LogP contribution is -2.40. The van der Waals surface area contributed by atoms with Gasteiger partial charge in [0.2, 0.25) is 5.91 Å². The number of nitrogens with zero attached hydrogens (tertiary/aromatic N) is 2. The molecule has 1 aromatic rings. The number of hydrogen-bond donors (Lipinski definition) is 2. The number of nitro benzene ring substituents is 1. The number of anilines is 2. The van der Waals surface area contributed by atoms with Crippen LogP contribution in [0, 0.1) is 10.1 Å². The first-order valence-corrected chi connectivity index (χ1v) is 6.07. The van der Waals surface area contributed by atoms with Crippen LogP contribution in [0.3, 0.4) is 0 Å². The number of nitrogens with one attached hydrogen (secondary N) is 1. The number of carbonyl (C=O) groups excluding carboxylic acids is 1. The molecule has 1 fully saturated rings. The van der Waals surface area contributed by atoms with Crippen molar-refractivity contribution in [1.29, 1.82) is 0 Å². The second-order valence-corrected chi connectivity index (χ2v) is 4.43. The van der Waals surface area contributed by atoms with Crippen LogP contribution in [0.4, 0.5) is 17.1 Å². The molecule has 1 aliphatic heterocycles. The van der Waals surface area contributed by atoms with Crippen LogP contribution in [0.5, 0.6) is 0 Å². The Balaban J connectivity index is 2.50. The molecule has 0 saturated carbocycles. The number of nitro groups is 1. The fourth-order valence-electron chi connectivity index (χ4n) is 2.51. The Morgan fingerprint density at radius 2 is 2.32 bits per heavy atom. The van der Waals surface area contributed by atoms with Gasteiger partial charge in [-0.1, -0.05) is 6.07 Å². The van der Waals surface area contributed by atoms with Crippen LogP contribution in [-0.2, 0) is 4.79 Å². The summed E-state index contributed by atoms with van der Waals surface area (Å²) in [6, 6.07) is 4.55. The Bertz CT molecular complexity index is 518. The molecule has 0 radical (unpaired) electrons. The van der Waals surface area contributed by atoms with E-state index in [4.69, 9.17) is 5.73 Å². The predicted molar refractivity (Wildman–Crippen MR) is 72.2 cm³/mol. The lowest BCUT2D eigenvalue weighted by molar-refractivity contribution is -0.383. The number of para-hydroxylation sites is 1. The largest absolute Gasteiger partial charge is 0.382 e. The summed E-state index contributed by atoms with van der Waals surface area (Å²) in [5.74, 6) is -0.443. The van der Waals surface area contributed by atoms with Crippen LogP contribution < -0.4 is 16.0 Å². The lowest BCUT2D eigenvalue weighted by Gasteiger charge is -2.24. The van der Waals surface area contributed by atoms with Crippen molar-refractivity contribution >= 4 is 23.0 Å². The van der Waals surface area contributed by atoms with E-state index in [2.05, 4.69) is 5.32 Å². The molecule has 2 rings (SSSR count). The molecule has 1 atom stereocenters. The molecule has 19 heavy (non-hydrogen) atoms. The van der Waals surface area contributed by atoms with Gasteiger partial charge >= 0.3 is 5.69 Å². The molecule has 7 heteroatoms. The molecule has 0 spiro atoms. The molecule has 102 valence electrons. The third-order valence-corrected chi connectivity index (χ3v) is 3.36. The number of benzene rings is 1. The van der Waals surface area contributed by atoms with Gasteiger partial charge in [-0.3, -0.25) is 14.9 Å². The number of carbonyl (C=O) groups is 1. The molecule has 1 unspecified atom stereocenters. The number of rotatable bonds is 4. The van der Waals surface area contributed by atoms with Gasteiger partial charge in [-0.2, -0.15) is 0 Å². The summed E-state index contributed by atoms with van der Waals surface area (Å²) in [6.45, 7) is 0.599. The Hall–Kier alpha value is -2.31. The van der Waals surface area contributed by atoms with E-state index < -0.39 is 16.9 Å². The summed E-state index contributed by atoms with van der Waals surface area (Å²) >= 11 is 0. The second kappa shape index (κ2) is 5.13. The molecule has 1 amide bonds. The zero-order valence-corrected chi connectivity index (χ0v) is 10.6. The highest BCUT2D eigenvalue weighted by Crippen LogP contribution is 2.38. The van der Waals surface area contributed by atoms with Gasteiger partial charge in [0.25, 0.3) is 0 Å². The molecule has 1 heterocycles. The molecule has 7 nitrogen and oxygen atoms in total. The van der Waals surface area contributed by atoms with Gasteiger partial charge in [0.05, 0.1) is 4.92 Å². The molecule has 1 saturated heterocycles. The third-order valence-electron chi connectivity index (χ3n) is 3.36. The van der Waals surface area contributed by atoms with E-state index in [-0.39, 0.29) is 5.69 Å². The van der Waals surface area contributed by atoms with Crippen molar-refractivity contribution < 1.29 is 9.72 Å². The third kappa shape index (κ3) is 2.31. The van der Waals surface area contributed by atoms with Gasteiger partial charge in [-0.15, -0.1) is 0 Å². The van der Waals surface area contributed by atoms with Crippen molar-refractivity contribution in [3.63, 3.8) is 0 Å². The van der Waals surface area contributed by atoms with Crippen molar-refractivity contribution in [1.82, 2.24) is 0 Å². The molecule has 0 aromatic heterocycles. The minimum Gasteiger partial charge on any atom is -0.382 e. The highest BCUT2D eigenvalue weighted by atomic mass is 16.6. The zero-order chi connectivity index (χ0) is 14.0. The minimum absolute atomic E-state index is 0.0156. The van der Waals surface area contributed by atoms with Gasteiger partial charge in [-0.25, -0.2) is 0 Å². The average molecular weight is 264 g/mol. The standard InChI is InChI=1S/C12H16N4O3/c1-14-8-4-2-5-9(11(8)16(18)19)15-7-3-6-10(15)12(13)17/h2,4-5,10,14H,3,6-7H2,1H3,(H2,13,17). The van der Waals surface area contributed by atoms with E-state index in [1.807, 2.05) is 0 Å². The number of primary amides is 1. The minimum atomic E-state index is -0.467. The normalized spacial score (nSPS) is 18.4. The average Bonchev–Trinajstić information content (AvgIpc) is 2.86. The van der Waals surface area contributed by atoms with E-state index >= 15 is 0 Å². The fourth-order valence-corrected chi connectivity index (χ4v) is 2.51. The van der Waals surface area contributed by atoms with Crippen LogP contribution >= 0.6 is 0 Å².